The monoisotopic (exact) mass is 285 g/mol. The van der Waals surface area contributed by atoms with Crippen LogP contribution in [-0.4, -0.2) is 17.6 Å². The molecule has 3 heteroatoms. The molecule has 112 valence electrons. The maximum atomic E-state index is 12.0. The summed E-state index contributed by atoms with van der Waals surface area (Å²) in [5.74, 6) is -0.354. The molecule has 0 saturated heterocycles. The van der Waals surface area contributed by atoms with Crippen LogP contribution in [-0.2, 0) is 16.0 Å². The van der Waals surface area contributed by atoms with Gasteiger partial charge in [0.25, 0.3) is 0 Å². The molecule has 1 atom stereocenters. The van der Waals surface area contributed by atoms with Gasteiger partial charge in [0.2, 0.25) is 0 Å². The predicted molar refractivity (Wildman–Crippen MR) is 86.2 cm³/mol. The Morgan fingerprint density at radius 3 is 2.38 bits per heavy atom. The van der Waals surface area contributed by atoms with E-state index in [0.717, 1.165) is 10.9 Å². The third-order valence-corrected chi connectivity index (χ3v) is 3.38. The molecule has 21 heavy (non-hydrogen) atoms. The van der Waals surface area contributed by atoms with E-state index in [1.807, 2.05) is 39.0 Å². The Balaban J connectivity index is 2.24. The highest BCUT2D eigenvalue weighted by atomic mass is 16.6. The highest BCUT2D eigenvalue weighted by molar-refractivity contribution is 5.89. The maximum absolute atomic E-state index is 12.0. The van der Waals surface area contributed by atoms with E-state index in [-0.39, 0.29) is 5.97 Å². The standard InChI is InChI=1S/C18H23NO2/c1-12-9-10-13(15-8-6-5-7-14(12)15)11-16(19)17(20)21-18(2,3)4/h5-10,16H,11,19H2,1-4H3/t16-/m0/s1. The Morgan fingerprint density at radius 2 is 1.76 bits per heavy atom. The third kappa shape index (κ3) is 3.82. The molecule has 0 saturated carbocycles. The van der Waals surface area contributed by atoms with Crippen LogP contribution >= 0.6 is 0 Å². The third-order valence-electron chi connectivity index (χ3n) is 3.38. The number of nitrogens with two attached hydrogens (primary N) is 1. The van der Waals surface area contributed by atoms with Gasteiger partial charge in [-0.15, -0.1) is 0 Å². The quantitative estimate of drug-likeness (QED) is 0.880. The summed E-state index contributed by atoms with van der Waals surface area (Å²) in [6.07, 6.45) is 0.482. The van der Waals surface area contributed by atoms with E-state index in [0.29, 0.717) is 6.42 Å². The lowest BCUT2D eigenvalue weighted by atomic mass is 9.96. The first-order chi connectivity index (χ1) is 9.78. The fourth-order valence-corrected chi connectivity index (χ4v) is 2.39. The van der Waals surface area contributed by atoms with Crippen LogP contribution in [0.1, 0.15) is 31.9 Å². The van der Waals surface area contributed by atoms with Crippen LogP contribution in [0, 0.1) is 6.92 Å². The molecule has 0 fully saturated rings. The Labute approximate surface area is 126 Å². The fourth-order valence-electron chi connectivity index (χ4n) is 2.39. The van der Waals surface area contributed by atoms with Crippen molar-refractivity contribution in [1.29, 1.82) is 0 Å². The van der Waals surface area contributed by atoms with Crippen LogP contribution in [0.3, 0.4) is 0 Å². The molecule has 0 bridgehead atoms. The number of carbonyl (C=O) groups excluding carboxylic acids is 1. The lowest BCUT2D eigenvalue weighted by molar-refractivity contribution is -0.156. The topological polar surface area (TPSA) is 52.3 Å². The molecule has 0 aromatic heterocycles. The number of hydrogen-bond acceptors (Lipinski definition) is 3. The lowest BCUT2D eigenvalue weighted by Crippen LogP contribution is -2.38. The number of carbonyl (C=O) groups is 1. The molecule has 2 aromatic rings. The Hall–Kier alpha value is -1.87. The van der Waals surface area contributed by atoms with Gasteiger partial charge in [-0.25, -0.2) is 0 Å². The summed E-state index contributed by atoms with van der Waals surface area (Å²) in [4.78, 5) is 12.0. The van der Waals surface area contributed by atoms with Crippen molar-refractivity contribution < 1.29 is 9.53 Å². The van der Waals surface area contributed by atoms with Crippen molar-refractivity contribution in [3.05, 3.63) is 47.5 Å². The van der Waals surface area contributed by atoms with Crippen molar-refractivity contribution in [3.63, 3.8) is 0 Å². The predicted octanol–water partition coefficient (Wildman–Crippen LogP) is 3.36. The zero-order valence-corrected chi connectivity index (χ0v) is 13.1. The van der Waals surface area contributed by atoms with Crippen LogP contribution in [0.2, 0.25) is 0 Å². The minimum Gasteiger partial charge on any atom is -0.459 e. The second kappa shape index (κ2) is 5.86. The van der Waals surface area contributed by atoms with Gasteiger partial charge in [-0.3, -0.25) is 4.79 Å². The van der Waals surface area contributed by atoms with Gasteiger partial charge < -0.3 is 10.5 Å². The number of hydrogen-bond donors (Lipinski definition) is 1. The van der Waals surface area contributed by atoms with E-state index in [2.05, 4.69) is 25.1 Å². The summed E-state index contributed by atoms with van der Waals surface area (Å²) < 4.78 is 5.34. The van der Waals surface area contributed by atoms with Gasteiger partial charge in [0, 0.05) is 0 Å². The Kier molecular flexibility index (Phi) is 4.33. The molecular weight excluding hydrogens is 262 g/mol. The Bertz CT molecular complexity index is 656. The van der Waals surface area contributed by atoms with E-state index in [4.69, 9.17) is 10.5 Å². The van der Waals surface area contributed by atoms with E-state index in [1.165, 1.54) is 10.9 Å². The first-order valence-corrected chi connectivity index (χ1v) is 7.23. The minimum absolute atomic E-state index is 0.354. The number of fused-ring (bicyclic) bond motifs is 1. The van der Waals surface area contributed by atoms with Gasteiger partial charge >= 0.3 is 5.97 Å². The highest BCUT2D eigenvalue weighted by Gasteiger charge is 2.22. The fraction of sp³-hybridized carbons (Fsp3) is 0.389. The molecule has 3 nitrogen and oxygen atoms in total. The van der Waals surface area contributed by atoms with Crippen molar-refractivity contribution in [1.82, 2.24) is 0 Å². The first-order valence-electron chi connectivity index (χ1n) is 7.23. The van der Waals surface area contributed by atoms with Crippen LogP contribution in [0.15, 0.2) is 36.4 Å². The highest BCUT2D eigenvalue weighted by Crippen LogP contribution is 2.23. The summed E-state index contributed by atoms with van der Waals surface area (Å²) in [5.41, 5.74) is 7.80. The minimum atomic E-state index is -0.643. The second-order valence-corrected chi connectivity index (χ2v) is 6.43. The maximum Gasteiger partial charge on any atom is 0.323 e. The van der Waals surface area contributed by atoms with E-state index >= 15 is 0 Å². The average Bonchev–Trinajstić information content (AvgIpc) is 2.40. The van der Waals surface area contributed by atoms with Crippen LogP contribution in [0.25, 0.3) is 10.8 Å². The molecule has 0 spiro atoms. The molecule has 0 radical (unpaired) electrons. The largest absolute Gasteiger partial charge is 0.459 e. The van der Waals surface area contributed by atoms with Gasteiger partial charge in [-0.2, -0.15) is 0 Å². The molecule has 0 aliphatic heterocycles. The second-order valence-electron chi connectivity index (χ2n) is 6.43. The van der Waals surface area contributed by atoms with E-state index < -0.39 is 11.6 Å². The lowest BCUT2D eigenvalue weighted by Gasteiger charge is -2.22. The number of benzene rings is 2. The summed E-state index contributed by atoms with van der Waals surface area (Å²) in [6, 6.07) is 11.7. The normalized spacial score (nSPS) is 13.2. The molecule has 2 aromatic carbocycles. The zero-order valence-electron chi connectivity index (χ0n) is 13.1. The first kappa shape index (κ1) is 15.5. The van der Waals surface area contributed by atoms with Crippen molar-refractivity contribution >= 4 is 16.7 Å². The number of aryl methyl sites for hydroxylation is 1. The molecule has 2 rings (SSSR count). The summed E-state index contributed by atoms with van der Waals surface area (Å²) >= 11 is 0. The molecule has 0 aliphatic rings. The van der Waals surface area contributed by atoms with Crippen molar-refractivity contribution in [2.24, 2.45) is 5.73 Å². The smallest absolute Gasteiger partial charge is 0.323 e. The van der Waals surface area contributed by atoms with Crippen molar-refractivity contribution in [3.8, 4) is 0 Å². The summed E-state index contributed by atoms with van der Waals surface area (Å²) in [7, 11) is 0. The zero-order chi connectivity index (χ0) is 15.6. The van der Waals surface area contributed by atoms with Crippen LogP contribution in [0.4, 0.5) is 0 Å². The van der Waals surface area contributed by atoms with Gasteiger partial charge in [0.05, 0.1) is 0 Å². The Morgan fingerprint density at radius 1 is 1.14 bits per heavy atom. The SMILES string of the molecule is Cc1ccc(C[C@H](N)C(=O)OC(C)(C)C)c2ccccc12. The summed E-state index contributed by atoms with van der Waals surface area (Å²) in [6.45, 7) is 7.62. The van der Waals surface area contributed by atoms with E-state index in [1.54, 1.807) is 0 Å². The number of esters is 1. The summed E-state index contributed by atoms with van der Waals surface area (Å²) in [5, 5.41) is 2.35. The van der Waals surface area contributed by atoms with Gasteiger partial charge in [0.15, 0.2) is 0 Å². The number of ether oxygens (including phenoxy) is 1. The van der Waals surface area contributed by atoms with Gasteiger partial charge in [-0.1, -0.05) is 36.4 Å². The number of rotatable bonds is 3. The van der Waals surface area contributed by atoms with Crippen molar-refractivity contribution in [2.45, 2.75) is 45.8 Å². The molecular formula is C18H23NO2. The molecule has 0 heterocycles. The van der Waals surface area contributed by atoms with Crippen LogP contribution in [0.5, 0.6) is 0 Å². The average molecular weight is 285 g/mol. The molecule has 0 amide bonds. The molecule has 0 unspecified atom stereocenters. The van der Waals surface area contributed by atoms with Gasteiger partial charge in [-0.05, 0) is 56.0 Å². The molecule has 2 N–H and O–H groups in total. The van der Waals surface area contributed by atoms with Crippen molar-refractivity contribution in [2.75, 3.05) is 0 Å². The van der Waals surface area contributed by atoms with Gasteiger partial charge in [0.1, 0.15) is 11.6 Å². The molecule has 0 aliphatic carbocycles. The van der Waals surface area contributed by atoms with E-state index in [9.17, 15) is 4.79 Å². The van der Waals surface area contributed by atoms with Crippen LogP contribution < -0.4 is 5.73 Å².